The van der Waals surface area contributed by atoms with E-state index in [0.29, 0.717) is 78.5 Å². The molecule has 1 aromatic heterocycles. The molecule has 0 saturated carbocycles. The van der Waals surface area contributed by atoms with E-state index in [0.717, 1.165) is 54.6 Å². The zero-order chi connectivity index (χ0) is 90.7. The smallest absolute Gasteiger partial charge is 0.262 e. The van der Waals surface area contributed by atoms with Crippen molar-refractivity contribution in [2.24, 2.45) is 0 Å². The van der Waals surface area contributed by atoms with Crippen LogP contribution in [0.15, 0.2) is 376 Å². The van der Waals surface area contributed by atoms with Crippen molar-refractivity contribution >= 4 is 136 Å². The van der Waals surface area contributed by atoms with Crippen molar-refractivity contribution in [3.05, 3.63) is 381 Å². The maximum Gasteiger partial charge on any atom is 0.262 e. The summed E-state index contributed by atoms with van der Waals surface area (Å²) in [6.45, 7) is 3.52. The van der Waals surface area contributed by atoms with Crippen molar-refractivity contribution in [2.75, 3.05) is 19.6 Å². The highest BCUT2D eigenvalue weighted by atomic mass is 16.5. The van der Waals surface area contributed by atoms with Crippen molar-refractivity contribution in [1.82, 2.24) is 4.57 Å². The van der Waals surface area contributed by atoms with E-state index in [9.17, 15) is 23.3 Å². The number of hydrogen-bond donors (Lipinski definition) is 0. The van der Waals surface area contributed by atoms with Gasteiger partial charge in [0.25, 0.3) is 13.4 Å². The Morgan fingerprint density at radius 2 is 0.765 bits per heavy atom. The van der Waals surface area contributed by atoms with Crippen LogP contribution in [0.3, 0.4) is 0 Å². The highest BCUT2D eigenvalue weighted by molar-refractivity contribution is 7.05. The Hall–Kier alpha value is -14.5. The molecule has 17 aromatic carbocycles. The Labute approximate surface area is 692 Å². The van der Waals surface area contributed by atoms with Gasteiger partial charge in [-0.2, -0.15) is 0 Å². The number of fused-ring (bicyclic) bond motifs is 11. The molecular weight excluding hydrogens is 1400 g/mol. The standard InChI is InChI=1S/C106H71B2N5O2/c1-106(2,3)74-62-90-97-91(63-74)113(103-79(70-39-18-8-19-40-70)47-29-48-80(103)71-41-20-9-21-42-71)92-65-93-101-105(100(92)107(97)83-56-55-75(109-84-49-24-22-43-81(84)82-44-23-25-50-85(82)109)64-89(83)112(90)102-77(68-35-14-6-15-36-68)45-28-46-78(102)69-37-16-7-17-38-69)115-95-54-30-52-87-98(95)108(101)99-88(57-58-96-104(99)111(93)86-51-26-27-53-94(86)114-96)110(87)76-60-72(66-31-10-4-11-32-66)59-73(61-76)67-33-12-5-13-34-67/h4-65H,1-3H3/i22D,23D,24D,25D,30D,43D,44D,49D,50D,52D,54D,55D,56D,57D,58D,64D,65D. The molecule has 9 heteroatoms. The Balaban J connectivity index is 0.927. The van der Waals surface area contributed by atoms with Crippen LogP contribution in [0, 0.1) is 0 Å². The number of anilines is 12. The van der Waals surface area contributed by atoms with E-state index in [-0.39, 0.29) is 108 Å². The number of aromatic nitrogens is 1. The number of ether oxygens (including phenoxy) is 2. The first kappa shape index (κ1) is 50.4. The second-order valence-electron chi connectivity index (χ2n) is 30.8. The second kappa shape index (κ2) is 25.0. The third kappa shape index (κ3) is 9.68. The molecule has 0 radical (unpaired) electrons. The lowest BCUT2D eigenvalue weighted by Crippen LogP contribution is -2.67. The number of hydrogen-bond acceptors (Lipinski definition) is 6. The van der Waals surface area contributed by atoms with Crippen LogP contribution in [0.5, 0.6) is 23.0 Å². The van der Waals surface area contributed by atoms with Crippen LogP contribution in [-0.4, -0.2) is 18.0 Å². The van der Waals surface area contributed by atoms with Gasteiger partial charge in [-0.05, 0) is 185 Å². The Morgan fingerprint density at radius 1 is 0.287 bits per heavy atom. The second-order valence-corrected chi connectivity index (χ2v) is 30.8. The summed E-state index contributed by atoms with van der Waals surface area (Å²) in [6.07, 6.45) is 0. The Kier molecular flexibility index (Phi) is 10.9. The molecule has 0 bridgehead atoms. The summed E-state index contributed by atoms with van der Waals surface area (Å²) < 4.78 is 194. The average Bonchev–Trinajstić information content (AvgIpc) is 0.736. The largest absolute Gasteiger partial charge is 0.459 e. The van der Waals surface area contributed by atoms with Gasteiger partial charge in [-0.25, -0.2) is 0 Å². The van der Waals surface area contributed by atoms with Gasteiger partial charge in [0.2, 0.25) is 0 Å². The highest BCUT2D eigenvalue weighted by Crippen LogP contribution is 2.60. The minimum absolute atomic E-state index is 0.0111. The fourth-order valence-corrected chi connectivity index (χ4v) is 18.5. The zero-order valence-corrected chi connectivity index (χ0v) is 62.2. The van der Waals surface area contributed by atoms with E-state index in [4.69, 9.17) is 9.47 Å². The molecule has 0 fully saturated rings. The highest BCUT2D eigenvalue weighted by Gasteiger charge is 2.56. The molecule has 0 unspecified atom stereocenters. The number of para-hydroxylation sites is 6. The summed E-state index contributed by atoms with van der Waals surface area (Å²) >= 11 is 0. The van der Waals surface area contributed by atoms with Gasteiger partial charge in [-0.1, -0.05) is 300 Å². The van der Waals surface area contributed by atoms with Crippen molar-refractivity contribution in [3.63, 3.8) is 0 Å². The van der Waals surface area contributed by atoms with E-state index in [1.54, 1.807) is 11.0 Å². The van der Waals surface area contributed by atoms with Gasteiger partial charge < -0.3 is 33.6 Å². The molecular formula is C106H71B2N5O2. The van der Waals surface area contributed by atoms with Crippen LogP contribution in [0.2, 0.25) is 0 Å². The van der Waals surface area contributed by atoms with E-state index < -0.39 is 109 Å². The SMILES string of the molecule is [2H]c1c([2H])c2c3c(c1[2H])N(c1cc(-c4ccccc4)cc(-c4ccccc4)c1)c1c([2H])c([2H])c4c5c1B3c1c(c3c(c([2H])c1N5c1ccccc1O4)N(c1c(-c4ccccc4)cccc1-c1ccccc1)c1cc(C(C)(C)C)cc4c1B3c1c([2H])c([2H])c(-n3c5c([2H])c([2H])c([2H])c([2H])c5c5c([2H])c([2H])c([2H])c([2H])c53)c([2H])c1N4c1c(-c3ccccc3)cccc1-c1ccccc1)O2. The molecule has 0 saturated heterocycles. The molecule has 6 aliphatic heterocycles. The van der Waals surface area contributed by atoms with Crippen LogP contribution < -0.4 is 61.9 Å². The lowest BCUT2D eigenvalue weighted by atomic mass is 9.29. The van der Waals surface area contributed by atoms with Gasteiger partial charge in [0.15, 0.2) is 11.5 Å². The Morgan fingerprint density at radius 3 is 1.30 bits per heavy atom. The van der Waals surface area contributed by atoms with Crippen molar-refractivity contribution in [3.8, 4) is 95.4 Å². The quantitative estimate of drug-likeness (QED) is 0.127. The first-order valence-corrected chi connectivity index (χ1v) is 38.6. The topological polar surface area (TPSA) is 36.4 Å². The van der Waals surface area contributed by atoms with Gasteiger partial charge >= 0.3 is 0 Å². The predicted molar refractivity (Wildman–Crippen MR) is 480 cm³/mol. The summed E-state index contributed by atoms with van der Waals surface area (Å²) in [6, 6.07) is 79.1. The van der Waals surface area contributed by atoms with Crippen molar-refractivity contribution < 1.29 is 32.8 Å². The molecule has 0 spiro atoms. The molecule has 7 nitrogen and oxygen atoms in total. The molecule has 0 N–H and O–H groups in total. The summed E-state index contributed by atoms with van der Waals surface area (Å²) in [5.41, 5.74) is 12.7. The van der Waals surface area contributed by atoms with Gasteiger partial charge in [-0.3, -0.25) is 0 Å². The summed E-state index contributed by atoms with van der Waals surface area (Å²) in [5, 5.41) is -0.621. The van der Waals surface area contributed by atoms with Crippen molar-refractivity contribution in [2.45, 2.75) is 26.2 Å². The summed E-state index contributed by atoms with van der Waals surface area (Å²) in [5.74, 6) is 0.130. The van der Waals surface area contributed by atoms with Crippen LogP contribution in [0.4, 0.5) is 68.2 Å². The van der Waals surface area contributed by atoms with Gasteiger partial charge in [0, 0.05) is 84.2 Å². The molecule has 0 atom stereocenters. The number of benzene rings is 17. The van der Waals surface area contributed by atoms with Gasteiger partial charge in [-0.15, -0.1) is 0 Å². The third-order valence-electron chi connectivity index (χ3n) is 23.5. The lowest BCUT2D eigenvalue weighted by molar-refractivity contribution is 0.476. The summed E-state index contributed by atoms with van der Waals surface area (Å²) in [7, 11) is 0. The van der Waals surface area contributed by atoms with Crippen molar-refractivity contribution in [1.29, 1.82) is 0 Å². The fraction of sp³-hybridized carbons (Fsp3) is 0.0377. The number of nitrogens with zero attached hydrogens (tertiary/aromatic N) is 5. The van der Waals surface area contributed by atoms with Gasteiger partial charge in [0.05, 0.1) is 57.1 Å². The number of rotatable bonds is 10. The molecule has 115 heavy (non-hydrogen) atoms. The average molecular weight is 1490 g/mol. The van der Waals surface area contributed by atoms with Gasteiger partial charge in [0.1, 0.15) is 11.5 Å². The van der Waals surface area contributed by atoms with E-state index in [2.05, 4.69) is 43.9 Å². The third-order valence-corrected chi connectivity index (χ3v) is 23.5. The first-order chi connectivity index (χ1) is 63.8. The molecule has 7 heterocycles. The maximum atomic E-state index is 12.5. The van der Waals surface area contributed by atoms with Crippen LogP contribution in [-0.2, 0) is 5.41 Å². The molecule has 0 aliphatic carbocycles. The van der Waals surface area contributed by atoms with E-state index in [1.165, 1.54) is 0 Å². The van der Waals surface area contributed by atoms with E-state index in [1.807, 2.05) is 259 Å². The maximum absolute atomic E-state index is 12.5. The fourth-order valence-electron chi connectivity index (χ4n) is 18.5. The molecule has 538 valence electrons. The van der Waals surface area contributed by atoms with Crippen LogP contribution >= 0.6 is 0 Å². The summed E-state index contributed by atoms with van der Waals surface area (Å²) in [4.78, 5) is 7.82. The predicted octanol–water partition coefficient (Wildman–Crippen LogP) is 24.5. The monoisotopic (exact) mass is 1480 g/mol. The Bertz CT molecular complexity index is 7950. The lowest BCUT2D eigenvalue weighted by Gasteiger charge is -2.51. The molecule has 6 aliphatic rings. The molecule has 0 amide bonds. The van der Waals surface area contributed by atoms with E-state index >= 15 is 0 Å². The first-order valence-electron chi connectivity index (χ1n) is 47.1. The zero-order valence-electron chi connectivity index (χ0n) is 79.2. The molecule has 24 rings (SSSR count). The van der Waals surface area contributed by atoms with Crippen LogP contribution in [0.1, 0.15) is 49.6 Å². The minimum atomic E-state index is -1.50. The van der Waals surface area contributed by atoms with Crippen LogP contribution in [0.25, 0.3) is 94.3 Å². The minimum Gasteiger partial charge on any atom is -0.459 e. The molecule has 18 aromatic rings. The normalized spacial score (nSPS) is 15.5.